The van der Waals surface area contributed by atoms with Crippen molar-refractivity contribution >= 4 is 40.6 Å². The van der Waals surface area contributed by atoms with Gasteiger partial charge in [-0.05, 0) is 41.8 Å². The zero-order valence-electron chi connectivity index (χ0n) is 20.2. The summed E-state index contributed by atoms with van der Waals surface area (Å²) in [7, 11) is 0. The van der Waals surface area contributed by atoms with Crippen LogP contribution in [-0.4, -0.2) is 41.6 Å². The van der Waals surface area contributed by atoms with Crippen molar-refractivity contribution in [2.75, 3.05) is 18.6 Å². The van der Waals surface area contributed by atoms with Crippen molar-refractivity contribution in [1.29, 1.82) is 5.41 Å². The van der Waals surface area contributed by atoms with Gasteiger partial charge in [-0.15, -0.1) is 0 Å². The normalized spacial score (nSPS) is 14.1. The molecule has 9 heteroatoms. The summed E-state index contributed by atoms with van der Waals surface area (Å²) in [5, 5.41) is 26.1. The highest BCUT2D eigenvalue weighted by molar-refractivity contribution is 6.52. The van der Waals surface area contributed by atoms with Crippen molar-refractivity contribution in [2.24, 2.45) is 11.0 Å². The first-order chi connectivity index (χ1) is 17.2. The number of nitrogens with one attached hydrogen (secondary N) is 3. The van der Waals surface area contributed by atoms with Gasteiger partial charge in [0.1, 0.15) is 18.1 Å². The van der Waals surface area contributed by atoms with Crippen LogP contribution >= 0.6 is 11.6 Å². The molecule has 1 aliphatic rings. The van der Waals surface area contributed by atoms with Crippen LogP contribution in [0, 0.1) is 11.3 Å². The van der Waals surface area contributed by atoms with E-state index in [0.29, 0.717) is 34.8 Å². The van der Waals surface area contributed by atoms with Crippen LogP contribution < -0.4 is 10.7 Å². The number of nitrogens with zero attached hydrogens (tertiary/aromatic N) is 1. The number of hydrogen-bond donors (Lipinski definition) is 4. The summed E-state index contributed by atoms with van der Waals surface area (Å²) in [6.07, 6.45) is 5.63. The molecule has 188 valence electrons. The number of rotatable bonds is 10. The highest BCUT2D eigenvalue weighted by Gasteiger charge is 2.12. The maximum absolute atomic E-state index is 12.0. The Morgan fingerprint density at radius 2 is 1.89 bits per heavy atom. The number of phenolic OH excluding ortho intramolecular Hbond substituents is 1. The quantitative estimate of drug-likeness (QED) is 0.121. The van der Waals surface area contributed by atoms with Crippen molar-refractivity contribution < 1.29 is 19.4 Å². The fourth-order valence-electron chi connectivity index (χ4n) is 3.30. The van der Waals surface area contributed by atoms with E-state index in [9.17, 15) is 14.7 Å². The summed E-state index contributed by atoms with van der Waals surface area (Å²) in [4.78, 5) is 23.5. The molecule has 0 atom stereocenters. The van der Waals surface area contributed by atoms with Crippen LogP contribution in [0.4, 0.5) is 5.69 Å². The third-order valence-electron chi connectivity index (χ3n) is 5.34. The number of halogens is 1. The predicted octanol–water partition coefficient (Wildman–Crippen LogP) is 4.79. The molecule has 0 saturated heterocycles. The van der Waals surface area contributed by atoms with Gasteiger partial charge in [0.15, 0.2) is 0 Å². The van der Waals surface area contributed by atoms with Gasteiger partial charge in [0.25, 0.3) is 0 Å². The Labute approximate surface area is 215 Å². The van der Waals surface area contributed by atoms with Gasteiger partial charge in [0.05, 0.1) is 23.9 Å². The zero-order valence-corrected chi connectivity index (χ0v) is 20.9. The molecule has 0 aromatic heterocycles. The smallest absolute Gasteiger partial charge is 0.308 e. The Bertz CT molecular complexity index is 1220. The van der Waals surface area contributed by atoms with Gasteiger partial charge in [-0.25, -0.2) is 0 Å². The largest absolute Gasteiger partial charge is 0.505 e. The number of amides is 1. The monoisotopic (exact) mass is 508 g/mol. The van der Waals surface area contributed by atoms with E-state index in [1.54, 1.807) is 44.2 Å². The number of ether oxygens (including phenoxy) is 1. The maximum atomic E-state index is 12.0. The molecule has 1 amide bonds. The van der Waals surface area contributed by atoms with Crippen molar-refractivity contribution in [3.8, 4) is 16.9 Å². The van der Waals surface area contributed by atoms with Gasteiger partial charge in [-0.3, -0.25) is 20.4 Å². The van der Waals surface area contributed by atoms with Gasteiger partial charge >= 0.3 is 5.97 Å². The molecule has 8 nitrogen and oxygen atoms in total. The van der Waals surface area contributed by atoms with Gasteiger partial charge < -0.3 is 15.2 Å². The number of anilines is 1. The minimum absolute atomic E-state index is 0.0343. The van der Waals surface area contributed by atoms with E-state index in [-0.39, 0.29) is 42.4 Å². The molecule has 1 aliphatic carbocycles. The lowest BCUT2D eigenvalue weighted by molar-refractivity contribution is -0.147. The topological polar surface area (TPSA) is 124 Å². The van der Waals surface area contributed by atoms with E-state index in [1.165, 1.54) is 6.08 Å². The van der Waals surface area contributed by atoms with Crippen LogP contribution in [0.2, 0.25) is 0 Å². The number of benzene rings is 2. The van der Waals surface area contributed by atoms with Gasteiger partial charge in [0, 0.05) is 17.0 Å². The van der Waals surface area contributed by atoms with Crippen molar-refractivity contribution in [2.45, 2.75) is 26.7 Å². The molecule has 2 aromatic carbocycles. The first-order valence-electron chi connectivity index (χ1n) is 11.6. The summed E-state index contributed by atoms with van der Waals surface area (Å²) >= 11 is 5.88. The summed E-state index contributed by atoms with van der Waals surface area (Å²) in [6, 6.07) is 12.9. The van der Waals surface area contributed by atoms with Gasteiger partial charge in [0.2, 0.25) is 5.91 Å². The molecule has 0 fully saturated rings. The van der Waals surface area contributed by atoms with Crippen LogP contribution in [-0.2, 0) is 20.7 Å². The van der Waals surface area contributed by atoms with Crippen LogP contribution in [0.25, 0.3) is 11.1 Å². The van der Waals surface area contributed by atoms with E-state index in [1.807, 2.05) is 24.3 Å². The standard InChI is InChI=1S/C27H29ClN4O4/c1-17(2)27(35)36-15-14-30-25(33)13-8-18-6-9-19(10-7-18)21-4-3-5-24(26(21)34)32-31-23-12-11-20(28)16-22(23)29/h3-7,9-12,16-17,29,32,34H,8,13-15H2,1-2H3,(H,30,33)/b29-22?,31-23-. The maximum Gasteiger partial charge on any atom is 0.308 e. The second-order valence-electron chi connectivity index (χ2n) is 8.46. The van der Waals surface area contributed by atoms with Crippen molar-refractivity contribution in [3.05, 3.63) is 71.3 Å². The molecule has 0 heterocycles. The molecule has 0 bridgehead atoms. The number of aryl methyl sites for hydroxylation is 1. The molecule has 36 heavy (non-hydrogen) atoms. The number of phenols is 1. The Morgan fingerprint density at radius 1 is 1.14 bits per heavy atom. The Morgan fingerprint density at radius 3 is 2.58 bits per heavy atom. The summed E-state index contributed by atoms with van der Waals surface area (Å²) in [5.74, 6) is -0.552. The number of aromatic hydroxyl groups is 1. The lowest BCUT2D eigenvalue weighted by Gasteiger charge is -2.12. The van der Waals surface area contributed by atoms with E-state index in [0.717, 1.165) is 11.1 Å². The number of hydrogen-bond acceptors (Lipinski definition) is 7. The molecular weight excluding hydrogens is 480 g/mol. The molecule has 0 spiro atoms. The molecule has 3 rings (SSSR count). The van der Waals surface area contributed by atoms with E-state index in [4.69, 9.17) is 21.7 Å². The minimum Gasteiger partial charge on any atom is -0.505 e. The average molecular weight is 509 g/mol. The number of allylic oxidation sites excluding steroid dienone is 4. The average Bonchev–Trinajstić information content (AvgIpc) is 2.86. The third-order valence-corrected chi connectivity index (χ3v) is 5.57. The number of carbonyl (C=O) groups is 2. The van der Waals surface area contributed by atoms with Gasteiger partial charge in [-0.2, -0.15) is 5.10 Å². The highest BCUT2D eigenvalue weighted by Crippen LogP contribution is 2.35. The molecule has 4 N–H and O–H groups in total. The first-order valence-corrected chi connectivity index (χ1v) is 11.9. The third kappa shape index (κ3) is 7.55. The lowest BCUT2D eigenvalue weighted by Crippen LogP contribution is -2.28. The summed E-state index contributed by atoms with van der Waals surface area (Å²) in [6.45, 7) is 3.96. The summed E-state index contributed by atoms with van der Waals surface area (Å²) < 4.78 is 5.04. The molecule has 0 saturated carbocycles. The Hall–Kier alpha value is -3.91. The molecule has 0 unspecified atom stereocenters. The molecule has 0 radical (unpaired) electrons. The number of para-hydroxylation sites is 1. The lowest BCUT2D eigenvalue weighted by atomic mass is 10.0. The van der Waals surface area contributed by atoms with E-state index in [2.05, 4.69) is 15.8 Å². The Kier molecular flexibility index (Phi) is 9.41. The predicted molar refractivity (Wildman–Crippen MR) is 143 cm³/mol. The number of esters is 1. The second-order valence-corrected chi connectivity index (χ2v) is 8.89. The van der Waals surface area contributed by atoms with Crippen LogP contribution in [0.3, 0.4) is 0 Å². The molecular formula is C27H29ClN4O4. The van der Waals surface area contributed by atoms with Crippen LogP contribution in [0.5, 0.6) is 5.75 Å². The fourth-order valence-corrected chi connectivity index (χ4v) is 3.47. The number of hydrazone groups is 1. The van der Waals surface area contributed by atoms with Crippen LogP contribution in [0.1, 0.15) is 25.8 Å². The fraction of sp³-hybridized carbons (Fsp3) is 0.259. The number of carbonyl (C=O) groups excluding carboxylic acids is 2. The van der Waals surface area contributed by atoms with Crippen molar-refractivity contribution in [3.63, 3.8) is 0 Å². The Balaban J connectivity index is 1.54. The zero-order chi connectivity index (χ0) is 26.1. The summed E-state index contributed by atoms with van der Waals surface area (Å²) in [5.41, 5.74) is 6.20. The van der Waals surface area contributed by atoms with Crippen molar-refractivity contribution in [1.82, 2.24) is 5.32 Å². The second kappa shape index (κ2) is 12.7. The SMILES string of the molecule is CC(C)C(=O)OCCNC(=O)CCc1ccc(-c2cccc(N/N=C3/C=CC(Cl)=CC3=N)c2O)cc1. The van der Waals surface area contributed by atoms with Crippen LogP contribution in [0.15, 0.2) is 70.8 Å². The van der Waals surface area contributed by atoms with E-state index >= 15 is 0 Å². The highest BCUT2D eigenvalue weighted by atomic mass is 35.5. The molecule has 0 aliphatic heterocycles. The first kappa shape index (κ1) is 26.7. The minimum atomic E-state index is -0.283. The van der Waals surface area contributed by atoms with E-state index < -0.39 is 0 Å². The van der Waals surface area contributed by atoms with Gasteiger partial charge in [-0.1, -0.05) is 61.8 Å². The molecule has 2 aromatic rings.